The van der Waals surface area contributed by atoms with E-state index >= 15 is 0 Å². The van der Waals surface area contributed by atoms with Gasteiger partial charge in [-0.2, -0.15) is 0 Å². The van der Waals surface area contributed by atoms with Crippen molar-refractivity contribution in [3.8, 4) is 0 Å². The zero-order valence-corrected chi connectivity index (χ0v) is 9.53. The molecule has 1 N–H and O–H groups in total. The normalized spacial score (nSPS) is 29.1. The summed E-state index contributed by atoms with van der Waals surface area (Å²) >= 11 is 0. The molecule has 2 fully saturated rings. The number of piperidine rings is 1. The zero-order valence-electron chi connectivity index (χ0n) is 9.53. The Kier molecular flexibility index (Phi) is 3.26. The molecule has 2 rings (SSSR count). The number of carbonyl (C=O) groups excluding carboxylic acids is 1. The van der Waals surface area contributed by atoms with Gasteiger partial charge >= 0.3 is 0 Å². The lowest BCUT2D eigenvalue weighted by atomic mass is 10.0. The monoisotopic (exact) mass is 212 g/mol. The van der Waals surface area contributed by atoms with Crippen LogP contribution in [-0.2, 0) is 9.63 Å². The molecule has 1 unspecified atom stereocenters. The highest BCUT2D eigenvalue weighted by molar-refractivity contribution is 5.77. The first kappa shape index (κ1) is 10.9. The standard InChI is InChI=1S/C11H20N2O2/c1-8(2)10-7-11(14)13(15-10)9-3-5-12-6-4-9/h8-10,12H,3-7H2,1-2H3. The van der Waals surface area contributed by atoms with Gasteiger partial charge in [-0.25, -0.2) is 5.06 Å². The molecule has 86 valence electrons. The first-order valence-corrected chi connectivity index (χ1v) is 5.88. The van der Waals surface area contributed by atoms with E-state index in [1.54, 1.807) is 5.06 Å². The molecule has 4 heteroatoms. The third-order valence-corrected chi connectivity index (χ3v) is 3.25. The number of rotatable bonds is 2. The van der Waals surface area contributed by atoms with Gasteiger partial charge in [-0.1, -0.05) is 13.8 Å². The van der Waals surface area contributed by atoms with E-state index in [9.17, 15) is 4.79 Å². The van der Waals surface area contributed by atoms with Crippen molar-refractivity contribution >= 4 is 5.91 Å². The molecule has 2 saturated heterocycles. The van der Waals surface area contributed by atoms with E-state index in [4.69, 9.17) is 4.84 Å². The van der Waals surface area contributed by atoms with Crippen molar-refractivity contribution in [2.45, 2.75) is 45.3 Å². The van der Waals surface area contributed by atoms with Gasteiger partial charge in [0.2, 0.25) is 5.91 Å². The summed E-state index contributed by atoms with van der Waals surface area (Å²) in [6, 6.07) is 0.294. The first-order chi connectivity index (χ1) is 7.18. The van der Waals surface area contributed by atoms with Gasteiger partial charge in [0.25, 0.3) is 0 Å². The number of hydrogen-bond donors (Lipinski definition) is 1. The van der Waals surface area contributed by atoms with E-state index in [1.165, 1.54) is 0 Å². The fourth-order valence-corrected chi connectivity index (χ4v) is 2.19. The van der Waals surface area contributed by atoms with Gasteiger partial charge in [-0.15, -0.1) is 0 Å². The Labute approximate surface area is 90.9 Å². The molecular weight excluding hydrogens is 192 g/mol. The minimum absolute atomic E-state index is 0.0902. The number of carbonyl (C=O) groups is 1. The predicted molar refractivity (Wildman–Crippen MR) is 57.1 cm³/mol. The summed E-state index contributed by atoms with van der Waals surface area (Å²) in [5, 5.41) is 4.94. The highest BCUT2D eigenvalue weighted by Crippen LogP contribution is 2.26. The Morgan fingerprint density at radius 2 is 2.07 bits per heavy atom. The highest BCUT2D eigenvalue weighted by atomic mass is 16.7. The maximum Gasteiger partial charge on any atom is 0.249 e. The minimum atomic E-state index is 0.0902. The highest BCUT2D eigenvalue weighted by Gasteiger charge is 2.37. The molecule has 0 aromatic rings. The van der Waals surface area contributed by atoms with Crippen LogP contribution in [0.25, 0.3) is 0 Å². The molecule has 15 heavy (non-hydrogen) atoms. The van der Waals surface area contributed by atoms with E-state index in [0.717, 1.165) is 25.9 Å². The summed E-state index contributed by atoms with van der Waals surface area (Å²) in [7, 11) is 0. The topological polar surface area (TPSA) is 41.6 Å². The SMILES string of the molecule is CC(C)C1CC(=O)N(C2CCNCC2)O1. The summed E-state index contributed by atoms with van der Waals surface area (Å²) in [6.07, 6.45) is 2.67. The fraction of sp³-hybridized carbons (Fsp3) is 0.909. The summed E-state index contributed by atoms with van der Waals surface area (Å²) in [6.45, 7) is 6.18. The van der Waals surface area contributed by atoms with Crippen molar-refractivity contribution in [2.75, 3.05) is 13.1 Å². The van der Waals surface area contributed by atoms with Gasteiger partial charge in [0.05, 0.1) is 18.6 Å². The number of nitrogens with one attached hydrogen (secondary N) is 1. The first-order valence-electron chi connectivity index (χ1n) is 5.88. The quantitative estimate of drug-likeness (QED) is 0.740. The Balaban J connectivity index is 1.95. The summed E-state index contributed by atoms with van der Waals surface area (Å²) in [5.41, 5.74) is 0. The van der Waals surface area contributed by atoms with Crippen LogP contribution in [0.1, 0.15) is 33.1 Å². The lowest BCUT2D eigenvalue weighted by molar-refractivity contribution is -0.195. The molecule has 0 saturated carbocycles. The molecule has 0 aliphatic carbocycles. The van der Waals surface area contributed by atoms with Crippen molar-refractivity contribution in [3.63, 3.8) is 0 Å². The van der Waals surface area contributed by atoms with Crippen LogP contribution in [0.15, 0.2) is 0 Å². The van der Waals surface area contributed by atoms with Gasteiger partial charge in [0, 0.05) is 0 Å². The van der Waals surface area contributed by atoms with Gasteiger partial charge in [0.1, 0.15) is 0 Å². The van der Waals surface area contributed by atoms with Crippen molar-refractivity contribution < 1.29 is 9.63 Å². The number of amides is 1. The molecule has 2 aliphatic rings. The van der Waals surface area contributed by atoms with Crippen molar-refractivity contribution in [2.24, 2.45) is 5.92 Å². The van der Waals surface area contributed by atoms with Crippen LogP contribution >= 0.6 is 0 Å². The Bertz CT molecular complexity index is 237. The fourth-order valence-electron chi connectivity index (χ4n) is 2.19. The van der Waals surface area contributed by atoms with Gasteiger partial charge in [-0.3, -0.25) is 9.63 Å². The molecule has 0 aromatic carbocycles. The lowest BCUT2D eigenvalue weighted by Crippen LogP contribution is -2.43. The molecule has 2 aliphatic heterocycles. The van der Waals surface area contributed by atoms with Crippen LogP contribution in [0.4, 0.5) is 0 Å². The minimum Gasteiger partial charge on any atom is -0.317 e. The summed E-state index contributed by atoms with van der Waals surface area (Å²) < 4.78 is 0. The summed E-state index contributed by atoms with van der Waals surface area (Å²) in [4.78, 5) is 17.5. The van der Waals surface area contributed by atoms with Crippen molar-refractivity contribution in [1.29, 1.82) is 0 Å². The molecule has 0 aromatic heterocycles. The maximum atomic E-state index is 11.8. The van der Waals surface area contributed by atoms with Gasteiger partial charge in [0.15, 0.2) is 0 Å². The van der Waals surface area contributed by atoms with Crippen LogP contribution in [0.3, 0.4) is 0 Å². The number of hydrogen-bond acceptors (Lipinski definition) is 3. The van der Waals surface area contributed by atoms with Gasteiger partial charge < -0.3 is 5.32 Å². The summed E-state index contributed by atoms with van der Waals surface area (Å²) in [5.74, 6) is 0.585. The molecule has 0 bridgehead atoms. The average Bonchev–Trinajstić information content (AvgIpc) is 2.62. The van der Waals surface area contributed by atoms with E-state index < -0.39 is 0 Å². The maximum absolute atomic E-state index is 11.8. The van der Waals surface area contributed by atoms with Crippen molar-refractivity contribution in [1.82, 2.24) is 10.4 Å². The third kappa shape index (κ3) is 2.32. The third-order valence-electron chi connectivity index (χ3n) is 3.25. The Morgan fingerprint density at radius 1 is 1.40 bits per heavy atom. The smallest absolute Gasteiger partial charge is 0.249 e. The predicted octanol–water partition coefficient (Wildman–Crippen LogP) is 0.927. The molecule has 4 nitrogen and oxygen atoms in total. The molecular formula is C11H20N2O2. The second kappa shape index (κ2) is 4.49. The molecule has 2 heterocycles. The van der Waals surface area contributed by atoms with Crippen LogP contribution in [0, 0.1) is 5.92 Å². The lowest BCUT2D eigenvalue weighted by Gasteiger charge is -2.30. The average molecular weight is 212 g/mol. The number of hydroxylamine groups is 2. The van der Waals surface area contributed by atoms with E-state index in [2.05, 4.69) is 19.2 Å². The van der Waals surface area contributed by atoms with Crippen molar-refractivity contribution in [3.05, 3.63) is 0 Å². The van der Waals surface area contributed by atoms with Crippen LogP contribution in [0.2, 0.25) is 0 Å². The van der Waals surface area contributed by atoms with Crippen LogP contribution < -0.4 is 5.32 Å². The van der Waals surface area contributed by atoms with E-state index in [1.807, 2.05) is 0 Å². The zero-order chi connectivity index (χ0) is 10.8. The molecule has 0 radical (unpaired) electrons. The second-order valence-electron chi connectivity index (χ2n) is 4.79. The van der Waals surface area contributed by atoms with Crippen LogP contribution in [-0.4, -0.2) is 36.2 Å². The molecule has 0 spiro atoms. The number of nitrogens with zero attached hydrogens (tertiary/aromatic N) is 1. The van der Waals surface area contributed by atoms with Crippen LogP contribution in [0.5, 0.6) is 0 Å². The molecule has 1 amide bonds. The Morgan fingerprint density at radius 3 is 2.60 bits per heavy atom. The molecule has 1 atom stereocenters. The second-order valence-corrected chi connectivity index (χ2v) is 4.79. The largest absolute Gasteiger partial charge is 0.317 e. The van der Waals surface area contributed by atoms with Gasteiger partial charge in [-0.05, 0) is 31.8 Å². The van der Waals surface area contributed by atoms with E-state index in [-0.39, 0.29) is 12.0 Å². The van der Waals surface area contributed by atoms with E-state index in [0.29, 0.717) is 18.4 Å². The Hall–Kier alpha value is -0.610.